The van der Waals surface area contributed by atoms with E-state index in [0.29, 0.717) is 82.0 Å². The van der Waals surface area contributed by atoms with Crippen LogP contribution < -0.4 is 25.4 Å². The molecule has 84 heavy (non-hydrogen) atoms. The van der Waals surface area contributed by atoms with E-state index in [1.807, 2.05) is 99.0 Å². The predicted octanol–water partition coefficient (Wildman–Crippen LogP) is 14.9. The maximum atomic E-state index is 15.0. The lowest BCUT2D eigenvalue weighted by Gasteiger charge is -2.20. The first-order valence-electron chi connectivity index (χ1n) is 30.5. The summed E-state index contributed by atoms with van der Waals surface area (Å²) in [5.74, 6) is 2.04. The van der Waals surface area contributed by atoms with E-state index in [2.05, 4.69) is 71.0 Å². The molecule has 0 spiro atoms. The molecule has 5 aliphatic heterocycles. The zero-order chi connectivity index (χ0) is 60.5. The maximum absolute atomic E-state index is 15.0. The summed E-state index contributed by atoms with van der Waals surface area (Å²) in [7, 11) is 4.63. The van der Waals surface area contributed by atoms with Crippen molar-refractivity contribution in [3.63, 3.8) is 0 Å². The molecule has 0 saturated carbocycles. The van der Waals surface area contributed by atoms with Gasteiger partial charge < -0.3 is 34.9 Å². The summed E-state index contributed by atoms with van der Waals surface area (Å²) in [5.41, 5.74) is 13.5. The van der Waals surface area contributed by atoms with E-state index in [1.54, 1.807) is 14.2 Å². The molecule has 1 fully saturated rings. The zero-order valence-corrected chi connectivity index (χ0v) is 52.2. The van der Waals surface area contributed by atoms with Crippen LogP contribution in [0.3, 0.4) is 0 Å². The van der Waals surface area contributed by atoms with Crippen molar-refractivity contribution in [2.75, 3.05) is 27.9 Å². The standard InChI is InChI=1S/C71H92N6O7/c1-14-55-48(8)60-38-61-49(9)57(33-34-66(78)84-36-35-47(7)24-18-23-46(6)22-17-21-45(5)20-16-19-44(3)4)69(76-61)58(37-67(79)83-13)70-68(71(80)73-42-52-27-31-54(82-12)32-28-52)50(10)62(77-70)39-64-56(15-2)59(65(75-64)40-63(55)74-60)43-72-41-51-25-29-53(81-11)30-26-51/h14,25-32,35,38-40,43-46,49,57,72,76H,1,15-24,33-34,36-37,41-42H2,2-13H3,(H,73,80)/b47-35+,59-43+,61-38?,62-39?,63-40?,69-58?. The Kier molecular flexibility index (Phi) is 23.5. The van der Waals surface area contributed by atoms with Crippen LogP contribution >= 0.6 is 0 Å². The highest BCUT2D eigenvalue weighted by molar-refractivity contribution is 6.31. The molecule has 13 heteroatoms. The first kappa shape index (κ1) is 64.0. The second kappa shape index (κ2) is 30.8. The second-order valence-corrected chi connectivity index (χ2v) is 23.7. The summed E-state index contributed by atoms with van der Waals surface area (Å²) in [6.45, 7) is 24.9. The molecule has 8 bridgehead atoms. The number of nitrogens with zero attached hydrogens (tertiary/aromatic N) is 3. The summed E-state index contributed by atoms with van der Waals surface area (Å²) in [6, 6.07) is 15.5. The van der Waals surface area contributed by atoms with E-state index in [1.165, 1.54) is 57.6 Å². The number of ether oxygens (including phenoxy) is 4. The fourth-order valence-electron chi connectivity index (χ4n) is 11.7. The van der Waals surface area contributed by atoms with Crippen molar-refractivity contribution >= 4 is 35.0 Å². The Labute approximate surface area is 500 Å². The van der Waals surface area contributed by atoms with Crippen LogP contribution in [0.25, 0.3) is 0 Å². The topological polar surface area (TPSA) is 161 Å². The second-order valence-electron chi connectivity index (χ2n) is 23.7. The van der Waals surface area contributed by atoms with Crippen molar-refractivity contribution < 1.29 is 33.3 Å². The van der Waals surface area contributed by atoms with Crippen LogP contribution in [0.5, 0.6) is 11.5 Å². The molecular weight excluding hydrogens is 1050 g/mol. The lowest BCUT2D eigenvalue weighted by atomic mass is 9.84. The van der Waals surface area contributed by atoms with Crippen molar-refractivity contribution in [2.24, 2.45) is 44.6 Å². The number of allylic oxidation sites excluding steroid dienone is 11. The number of esters is 2. The van der Waals surface area contributed by atoms with E-state index in [-0.39, 0.29) is 49.7 Å². The minimum atomic E-state index is -0.510. The Hall–Kier alpha value is -7.54. The van der Waals surface area contributed by atoms with Gasteiger partial charge in [0, 0.05) is 65.7 Å². The largest absolute Gasteiger partial charge is 0.497 e. The molecule has 1 amide bonds. The SMILES string of the molecule is C=CC1=C(C)C2=NC1=CC1=NC(=C(CC)/C1=C\NCc1ccc(OC)cc1)C=C1N=C(C(CC(=O)OC)=C3NC(=C2)C(C)C3CCC(=O)OC/C=C(\C)CCCC(C)CCCC(C)CCCC(C)C)C(C(=O)NCc2ccc(OC)cc2)=C1C. The van der Waals surface area contributed by atoms with Gasteiger partial charge in [-0.25, -0.2) is 15.0 Å². The van der Waals surface area contributed by atoms with E-state index in [0.717, 1.165) is 75.3 Å². The Balaban J connectivity index is 1.21. The van der Waals surface area contributed by atoms with E-state index >= 15 is 0 Å². The molecule has 2 aromatic carbocycles. The van der Waals surface area contributed by atoms with E-state index in [9.17, 15) is 14.4 Å². The number of aliphatic imine (C=N–C) groups is 3. The lowest BCUT2D eigenvalue weighted by molar-refractivity contribution is -0.143. The number of carbonyl (C=O) groups is 3. The molecule has 3 N–H and O–H groups in total. The molecule has 0 aromatic heterocycles. The van der Waals surface area contributed by atoms with Gasteiger partial charge in [0.2, 0.25) is 0 Å². The van der Waals surface area contributed by atoms with E-state index in [4.69, 9.17) is 33.9 Å². The fraction of sp³-hybridized carbons (Fsp3) is 0.465. The highest BCUT2D eigenvalue weighted by atomic mass is 16.5. The van der Waals surface area contributed by atoms with Crippen molar-refractivity contribution in [1.29, 1.82) is 0 Å². The van der Waals surface area contributed by atoms with Gasteiger partial charge in [0.15, 0.2) is 0 Å². The number of hydrogen-bond acceptors (Lipinski definition) is 12. The normalized spacial score (nSPS) is 18.9. The zero-order valence-electron chi connectivity index (χ0n) is 52.2. The van der Waals surface area contributed by atoms with E-state index < -0.39 is 5.97 Å². The Morgan fingerprint density at radius 3 is 2.00 bits per heavy atom. The lowest BCUT2D eigenvalue weighted by Crippen LogP contribution is -2.30. The molecule has 0 aliphatic carbocycles. The Morgan fingerprint density at radius 2 is 1.38 bits per heavy atom. The third kappa shape index (κ3) is 16.8. The summed E-state index contributed by atoms with van der Waals surface area (Å²) in [4.78, 5) is 58.5. The Bertz CT molecular complexity index is 3150. The minimum absolute atomic E-state index is 0.119. The average molecular weight is 1140 g/mol. The number of hydrogen-bond donors (Lipinski definition) is 3. The average Bonchev–Trinajstić information content (AvgIpc) is 2.27. The molecule has 4 unspecified atom stereocenters. The number of methoxy groups -OCH3 is 3. The first-order chi connectivity index (χ1) is 40.4. The van der Waals surface area contributed by atoms with Crippen molar-refractivity contribution in [2.45, 2.75) is 159 Å². The molecule has 2 aromatic rings. The van der Waals surface area contributed by atoms with Crippen molar-refractivity contribution in [3.05, 3.63) is 176 Å². The van der Waals surface area contributed by atoms with Crippen molar-refractivity contribution in [3.8, 4) is 11.5 Å². The van der Waals surface area contributed by atoms with Crippen LogP contribution in [0.2, 0.25) is 0 Å². The van der Waals surface area contributed by atoms with Crippen LogP contribution in [-0.2, 0) is 36.9 Å². The van der Waals surface area contributed by atoms with Crippen molar-refractivity contribution in [1.82, 2.24) is 16.0 Å². The molecule has 5 heterocycles. The summed E-state index contributed by atoms with van der Waals surface area (Å²) in [5, 5.41) is 10.5. The summed E-state index contributed by atoms with van der Waals surface area (Å²) in [6.07, 6.45) is 23.9. The molecule has 5 aliphatic rings. The monoisotopic (exact) mass is 1140 g/mol. The molecule has 0 radical (unpaired) electrons. The van der Waals surface area contributed by atoms with Gasteiger partial charge in [0.25, 0.3) is 5.91 Å². The van der Waals surface area contributed by atoms with Crippen LogP contribution in [0.1, 0.15) is 157 Å². The molecule has 448 valence electrons. The maximum Gasteiger partial charge on any atom is 0.310 e. The number of carbonyl (C=O) groups excluding carboxylic acids is 3. The van der Waals surface area contributed by atoms with Gasteiger partial charge in [0.1, 0.15) is 18.1 Å². The van der Waals surface area contributed by atoms with Gasteiger partial charge in [-0.1, -0.05) is 129 Å². The van der Waals surface area contributed by atoms with Gasteiger partial charge in [-0.15, -0.1) is 0 Å². The van der Waals surface area contributed by atoms with Crippen LogP contribution in [0.4, 0.5) is 0 Å². The minimum Gasteiger partial charge on any atom is -0.497 e. The van der Waals surface area contributed by atoms with Crippen LogP contribution in [0, 0.1) is 29.6 Å². The molecular formula is C71H92N6O7. The van der Waals surface area contributed by atoms with Crippen LogP contribution in [0.15, 0.2) is 180 Å². The number of rotatable bonds is 29. The predicted molar refractivity (Wildman–Crippen MR) is 340 cm³/mol. The third-order valence-electron chi connectivity index (χ3n) is 17.0. The number of benzene rings is 2. The van der Waals surface area contributed by atoms with Gasteiger partial charge >= 0.3 is 11.9 Å². The van der Waals surface area contributed by atoms with Crippen LogP contribution in [-0.4, -0.2) is 62.9 Å². The smallest absolute Gasteiger partial charge is 0.310 e. The molecule has 13 nitrogen and oxygen atoms in total. The highest BCUT2D eigenvalue weighted by Gasteiger charge is 2.40. The highest BCUT2D eigenvalue weighted by Crippen LogP contribution is 2.43. The number of amides is 1. The third-order valence-corrected chi connectivity index (χ3v) is 17.0. The quantitative estimate of drug-likeness (QED) is 0.0532. The van der Waals surface area contributed by atoms with Gasteiger partial charge in [-0.3, -0.25) is 14.4 Å². The summed E-state index contributed by atoms with van der Waals surface area (Å²) < 4.78 is 22.1. The Morgan fingerprint density at radius 1 is 0.738 bits per heavy atom. The van der Waals surface area contributed by atoms with Gasteiger partial charge in [0.05, 0.1) is 67.5 Å². The fourth-order valence-corrected chi connectivity index (χ4v) is 11.7. The molecule has 7 rings (SSSR count). The molecule has 1 saturated heterocycles. The van der Waals surface area contributed by atoms with Gasteiger partial charge in [-0.2, -0.15) is 0 Å². The first-order valence-corrected chi connectivity index (χ1v) is 30.5. The van der Waals surface area contributed by atoms with Gasteiger partial charge in [-0.05, 0) is 141 Å². The molecule has 4 atom stereocenters. The number of fused-ring (bicyclic) bond motifs is 5. The summed E-state index contributed by atoms with van der Waals surface area (Å²) >= 11 is 0. The number of nitrogens with one attached hydrogen (secondary N) is 3.